The predicted octanol–water partition coefficient (Wildman–Crippen LogP) is 1.73. The smallest absolute Gasteiger partial charge is 0.319 e. The van der Waals surface area contributed by atoms with Crippen molar-refractivity contribution in [3.05, 3.63) is 34.4 Å². The standard InChI is InChI=1S/C14H18N4O4/c19-13(17-7-2-1-3-8-17)10-15-14(20)16-11-5-4-6-12(9-11)18(21)22/h4-6,9H,1-3,7-8,10H2,(H2,15,16,20). The number of benzene rings is 1. The van der Waals surface area contributed by atoms with Crippen molar-refractivity contribution < 1.29 is 14.5 Å². The second kappa shape index (κ2) is 7.39. The maximum absolute atomic E-state index is 11.9. The molecule has 8 heteroatoms. The number of likely N-dealkylation sites (tertiary alicyclic amines) is 1. The fourth-order valence-electron chi connectivity index (χ4n) is 2.28. The molecule has 1 aromatic carbocycles. The van der Waals surface area contributed by atoms with Crippen LogP contribution >= 0.6 is 0 Å². The Bertz CT molecular complexity index is 570. The molecule has 0 aliphatic carbocycles. The molecule has 0 aromatic heterocycles. The average Bonchev–Trinajstić information content (AvgIpc) is 2.53. The number of carbonyl (C=O) groups is 2. The van der Waals surface area contributed by atoms with Gasteiger partial charge in [0.15, 0.2) is 0 Å². The summed E-state index contributed by atoms with van der Waals surface area (Å²) in [5.41, 5.74) is 0.194. The van der Waals surface area contributed by atoms with E-state index in [0.29, 0.717) is 5.69 Å². The van der Waals surface area contributed by atoms with Crippen LogP contribution in [0.4, 0.5) is 16.2 Å². The second-order valence-corrected chi connectivity index (χ2v) is 5.06. The fraction of sp³-hybridized carbons (Fsp3) is 0.429. The highest BCUT2D eigenvalue weighted by atomic mass is 16.6. The molecule has 1 heterocycles. The normalized spacial score (nSPS) is 14.3. The largest absolute Gasteiger partial charge is 0.341 e. The number of anilines is 1. The molecule has 118 valence electrons. The lowest BCUT2D eigenvalue weighted by Crippen LogP contribution is -2.43. The van der Waals surface area contributed by atoms with Crippen molar-refractivity contribution in [3.63, 3.8) is 0 Å². The number of piperidine rings is 1. The lowest BCUT2D eigenvalue weighted by Gasteiger charge is -2.26. The monoisotopic (exact) mass is 306 g/mol. The first-order valence-electron chi connectivity index (χ1n) is 7.13. The zero-order chi connectivity index (χ0) is 15.9. The highest BCUT2D eigenvalue weighted by Crippen LogP contribution is 2.16. The SMILES string of the molecule is O=C(NCC(=O)N1CCCCC1)Nc1cccc([N+](=O)[O-])c1. The Morgan fingerprint density at radius 3 is 2.64 bits per heavy atom. The number of hydrogen-bond donors (Lipinski definition) is 2. The highest BCUT2D eigenvalue weighted by molar-refractivity contribution is 5.92. The third-order valence-electron chi connectivity index (χ3n) is 3.42. The molecule has 1 aromatic rings. The molecule has 0 radical (unpaired) electrons. The first-order valence-corrected chi connectivity index (χ1v) is 7.13. The van der Waals surface area contributed by atoms with Gasteiger partial charge >= 0.3 is 6.03 Å². The number of carbonyl (C=O) groups excluding carboxylic acids is 2. The Hall–Kier alpha value is -2.64. The number of nitrogens with one attached hydrogen (secondary N) is 2. The minimum atomic E-state index is -0.564. The number of nitro benzene ring substituents is 1. The van der Waals surface area contributed by atoms with Crippen molar-refractivity contribution in [3.8, 4) is 0 Å². The number of non-ortho nitro benzene ring substituents is 1. The molecule has 0 atom stereocenters. The summed E-state index contributed by atoms with van der Waals surface area (Å²) in [7, 11) is 0. The summed E-state index contributed by atoms with van der Waals surface area (Å²) in [5.74, 6) is -0.117. The van der Waals surface area contributed by atoms with Gasteiger partial charge in [-0.2, -0.15) is 0 Å². The minimum absolute atomic E-state index is 0.0826. The molecule has 1 fully saturated rings. The highest BCUT2D eigenvalue weighted by Gasteiger charge is 2.17. The van der Waals surface area contributed by atoms with Crippen LogP contribution in [0.25, 0.3) is 0 Å². The number of hydrogen-bond acceptors (Lipinski definition) is 4. The van der Waals surface area contributed by atoms with Crippen molar-refractivity contribution >= 4 is 23.3 Å². The summed E-state index contributed by atoms with van der Waals surface area (Å²) in [6.07, 6.45) is 3.11. The predicted molar refractivity (Wildman–Crippen MR) is 80.5 cm³/mol. The van der Waals surface area contributed by atoms with Gasteiger partial charge in [-0.3, -0.25) is 14.9 Å². The Balaban J connectivity index is 1.81. The Morgan fingerprint density at radius 1 is 1.23 bits per heavy atom. The molecule has 1 aliphatic heterocycles. The van der Waals surface area contributed by atoms with E-state index in [0.717, 1.165) is 32.4 Å². The Morgan fingerprint density at radius 2 is 1.95 bits per heavy atom. The summed E-state index contributed by atoms with van der Waals surface area (Å²) in [5, 5.41) is 15.6. The number of nitro groups is 1. The van der Waals surface area contributed by atoms with Crippen molar-refractivity contribution in [1.82, 2.24) is 10.2 Å². The quantitative estimate of drug-likeness (QED) is 0.652. The van der Waals surface area contributed by atoms with E-state index < -0.39 is 11.0 Å². The molecular formula is C14H18N4O4. The van der Waals surface area contributed by atoms with Crippen LogP contribution in [0.3, 0.4) is 0 Å². The maximum atomic E-state index is 11.9. The second-order valence-electron chi connectivity index (χ2n) is 5.06. The molecule has 3 amide bonds. The summed E-state index contributed by atoms with van der Waals surface area (Å²) in [4.78, 5) is 35.5. The Labute approximate surface area is 127 Å². The van der Waals surface area contributed by atoms with Crippen LogP contribution in [-0.4, -0.2) is 41.4 Å². The van der Waals surface area contributed by atoms with Crippen LogP contribution in [0.2, 0.25) is 0 Å². The van der Waals surface area contributed by atoms with Gasteiger partial charge in [-0.15, -0.1) is 0 Å². The van der Waals surface area contributed by atoms with Gasteiger partial charge in [0.25, 0.3) is 5.69 Å². The zero-order valence-corrected chi connectivity index (χ0v) is 12.1. The molecular weight excluding hydrogens is 288 g/mol. The lowest BCUT2D eigenvalue weighted by atomic mass is 10.1. The molecule has 1 aliphatic rings. The number of rotatable bonds is 4. The molecule has 22 heavy (non-hydrogen) atoms. The van der Waals surface area contributed by atoms with E-state index in [1.807, 2.05) is 0 Å². The van der Waals surface area contributed by atoms with Gasteiger partial charge in [-0.1, -0.05) is 6.07 Å². The van der Waals surface area contributed by atoms with E-state index in [9.17, 15) is 19.7 Å². The fourth-order valence-corrected chi connectivity index (χ4v) is 2.28. The number of amides is 3. The van der Waals surface area contributed by atoms with Crippen LogP contribution in [-0.2, 0) is 4.79 Å². The molecule has 2 rings (SSSR count). The molecule has 0 bridgehead atoms. The Kier molecular flexibility index (Phi) is 5.29. The van der Waals surface area contributed by atoms with Gasteiger partial charge in [-0.25, -0.2) is 4.79 Å². The molecule has 1 saturated heterocycles. The van der Waals surface area contributed by atoms with Gasteiger partial charge in [0.05, 0.1) is 11.5 Å². The van der Waals surface area contributed by atoms with E-state index in [1.54, 1.807) is 11.0 Å². The molecule has 0 spiro atoms. The van der Waals surface area contributed by atoms with Crippen molar-refractivity contribution in [2.24, 2.45) is 0 Å². The zero-order valence-electron chi connectivity index (χ0n) is 12.1. The lowest BCUT2D eigenvalue weighted by molar-refractivity contribution is -0.384. The minimum Gasteiger partial charge on any atom is -0.341 e. The molecule has 2 N–H and O–H groups in total. The number of nitrogens with zero attached hydrogens (tertiary/aromatic N) is 2. The van der Waals surface area contributed by atoms with Crippen molar-refractivity contribution in [2.45, 2.75) is 19.3 Å². The third kappa shape index (κ3) is 4.44. The van der Waals surface area contributed by atoms with E-state index in [4.69, 9.17) is 0 Å². The topological polar surface area (TPSA) is 105 Å². The summed E-state index contributed by atoms with van der Waals surface area (Å²) < 4.78 is 0. The first-order chi connectivity index (χ1) is 10.6. The summed E-state index contributed by atoms with van der Waals surface area (Å²) in [6, 6.07) is 5.05. The van der Waals surface area contributed by atoms with Crippen LogP contribution in [0.1, 0.15) is 19.3 Å². The van der Waals surface area contributed by atoms with Crippen LogP contribution in [0.15, 0.2) is 24.3 Å². The van der Waals surface area contributed by atoms with E-state index in [2.05, 4.69) is 10.6 Å². The van der Waals surface area contributed by atoms with Gasteiger partial charge in [0.2, 0.25) is 5.91 Å². The molecule has 0 unspecified atom stereocenters. The molecule has 0 saturated carbocycles. The number of urea groups is 1. The van der Waals surface area contributed by atoms with Crippen LogP contribution < -0.4 is 10.6 Å². The van der Waals surface area contributed by atoms with Crippen molar-refractivity contribution in [2.75, 3.05) is 25.0 Å². The third-order valence-corrected chi connectivity index (χ3v) is 3.42. The van der Waals surface area contributed by atoms with Gasteiger partial charge < -0.3 is 15.5 Å². The van der Waals surface area contributed by atoms with Crippen LogP contribution in [0.5, 0.6) is 0 Å². The average molecular weight is 306 g/mol. The van der Waals surface area contributed by atoms with Crippen molar-refractivity contribution in [1.29, 1.82) is 0 Å². The van der Waals surface area contributed by atoms with E-state index in [-0.39, 0.29) is 18.1 Å². The maximum Gasteiger partial charge on any atom is 0.319 e. The van der Waals surface area contributed by atoms with Crippen LogP contribution in [0, 0.1) is 10.1 Å². The molecule has 8 nitrogen and oxygen atoms in total. The van der Waals surface area contributed by atoms with E-state index in [1.165, 1.54) is 18.2 Å². The summed E-state index contributed by atoms with van der Waals surface area (Å²) >= 11 is 0. The van der Waals surface area contributed by atoms with Gasteiger partial charge in [0.1, 0.15) is 0 Å². The van der Waals surface area contributed by atoms with Gasteiger partial charge in [-0.05, 0) is 25.3 Å². The first kappa shape index (κ1) is 15.7. The summed E-state index contributed by atoms with van der Waals surface area (Å²) in [6.45, 7) is 1.38. The van der Waals surface area contributed by atoms with Gasteiger partial charge in [0, 0.05) is 30.9 Å². The van der Waals surface area contributed by atoms with E-state index >= 15 is 0 Å².